The fourth-order valence-corrected chi connectivity index (χ4v) is 1.72. The van der Waals surface area contributed by atoms with Gasteiger partial charge >= 0.3 is 7.12 Å². The Morgan fingerprint density at radius 3 is 2.71 bits per heavy atom. The summed E-state index contributed by atoms with van der Waals surface area (Å²) in [5.41, 5.74) is 0.848. The normalized spacial score (nSPS) is 10.3. The first kappa shape index (κ1) is 11.6. The highest BCUT2D eigenvalue weighted by Crippen LogP contribution is 2.11. The van der Waals surface area contributed by atoms with E-state index in [4.69, 9.17) is 10.0 Å². The number of benzene rings is 1. The maximum atomic E-state index is 13.0. The van der Waals surface area contributed by atoms with Gasteiger partial charge in [-0.15, -0.1) is 0 Å². The van der Waals surface area contributed by atoms with Crippen LogP contribution in [0.15, 0.2) is 18.2 Å². The summed E-state index contributed by atoms with van der Waals surface area (Å²) in [6.45, 7) is 2.04. The van der Waals surface area contributed by atoms with Crippen LogP contribution in [0.1, 0.15) is 12.5 Å². The van der Waals surface area contributed by atoms with Gasteiger partial charge in [-0.25, -0.2) is 4.39 Å². The maximum absolute atomic E-state index is 13.0. The molecule has 0 bridgehead atoms. The van der Waals surface area contributed by atoms with Crippen LogP contribution in [0, 0.1) is 5.82 Å². The molecule has 0 heterocycles. The van der Waals surface area contributed by atoms with E-state index in [1.54, 1.807) is 17.8 Å². The average molecular weight is 214 g/mol. The Morgan fingerprint density at radius 1 is 1.43 bits per heavy atom. The molecule has 0 spiro atoms. The summed E-state index contributed by atoms with van der Waals surface area (Å²) in [6.07, 6.45) is 0. The minimum atomic E-state index is -1.73. The third-order valence-electron chi connectivity index (χ3n) is 1.81. The van der Waals surface area contributed by atoms with Crippen molar-refractivity contribution in [3.63, 3.8) is 0 Å². The molecule has 0 fully saturated rings. The van der Waals surface area contributed by atoms with Crippen molar-refractivity contribution in [2.45, 2.75) is 12.7 Å². The Morgan fingerprint density at radius 2 is 2.14 bits per heavy atom. The predicted octanol–water partition coefficient (Wildman–Crippen LogP) is 0.759. The van der Waals surface area contributed by atoms with E-state index in [9.17, 15) is 4.39 Å². The highest BCUT2D eigenvalue weighted by atomic mass is 32.2. The van der Waals surface area contributed by atoms with Gasteiger partial charge in [0.05, 0.1) is 0 Å². The van der Waals surface area contributed by atoms with Gasteiger partial charge in [0.1, 0.15) is 5.82 Å². The molecule has 2 nitrogen and oxygen atoms in total. The molecular weight excluding hydrogens is 202 g/mol. The molecule has 1 aromatic rings. The van der Waals surface area contributed by atoms with E-state index in [1.807, 2.05) is 6.92 Å². The smallest absolute Gasteiger partial charge is 0.423 e. The van der Waals surface area contributed by atoms with Gasteiger partial charge in [-0.05, 0) is 17.4 Å². The first-order valence-corrected chi connectivity index (χ1v) is 5.52. The molecule has 0 amide bonds. The molecule has 1 rings (SSSR count). The third kappa shape index (κ3) is 3.01. The van der Waals surface area contributed by atoms with Crippen molar-refractivity contribution < 1.29 is 14.4 Å². The van der Waals surface area contributed by atoms with Crippen LogP contribution in [-0.2, 0) is 5.75 Å². The molecule has 0 unspecified atom stereocenters. The lowest BCUT2D eigenvalue weighted by molar-refractivity contribution is 0.423. The van der Waals surface area contributed by atoms with Crippen LogP contribution in [0.4, 0.5) is 4.39 Å². The highest BCUT2D eigenvalue weighted by molar-refractivity contribution is 7.98. The van der Waals surface area contributed by atoms with Crippen molar-refractivity contribution in [1.82, 2.24) is 0 Å². The summed E-state index contributed by atoms with van der Waals surface area (Å²) >= 11 is 1.70. The number of thioether (sulfide) groups is 1. The van der Waals surface area contributed by atoms with Gasteiger partial charge < -0.3 is 10.0 Å². The summed E-state index contributed by atoms with van der Waals surface area (Å²) in [5.74, 6) is 1.16. The van der Waals surface area contributed by atoms with E-state index < -0.39 is 12.9 Å². The fraction of sp³-hybridized carbons (Fsp3) is 0.333. The van der Waals surface area contributed by atoms with E-state index in [0.717, 1.165) is 17.1 Å². The standard InChI is InChI=1S/C9H12BFO2S/c1-2-14-6-7-3-4-9(11)8(5-7)10(12)13/h3-5,12-13H,2,6H2,1H3. The third-order valence-corrected chi connectivity index (χ3v) is 2.76. The van der Waals surface area contributed by atoms with Crippen LogP contribution < -0.4 is 5.46 Å². The molecule has 0 saturated carbocycles. The van der Waals surface area contributed by atoms with Crippen LogP contribution in [-0.4, -0.2) is 22.9 Å². The van der Waals surface area contributed by atoms with Gasteiger partial charge in [0.15, 0.2) is 0 Å². The van der Waals surface area contributed by atoms with Gasteiger partial charge in [0.25, 0.3) is 0 Å². The SMILES string of the molecule is CCSCc1ccc(F)c(B(O)O)c1. The lowest BCUT2D eigenvalue weighted by Crippen LogP contribution is -2.33. The summed E-state index contributed by atoms with van der Waals surface area (Å²) in [6, 6.07) is 4.41. The number of hydrogen-bond donors (Lipinski definition) is 2. The predicted molar refractivity (Wildman–Crippen MR) is 58.1 cm³/mol. The summed E-state index contributed by atoms with van der Waals surface area (Å²) < 4.78 is 13.0. The molecular formula is C9H12BFO2S. The minimum Gasteiger partial charge on any atom is -0.423 e. The monoisotopic (exact) mass is 214 g/mol. The van der Waals surface area contributed by atoms with Crippen molar-refractivity contribution in [2.24, 2.45) is 0 Å². The van der Waals surface area contributed by atoms with Gasteiger partial charge in [0.2, 0.25) is 0 Å². The van der Waals surface area contributed by atoms with E-state index in [0.29, 0.717) is 0 Å². The zero-order valence-electron chi connectivity index (χ0n) is 7.90. The summed E-state index contributed by atoms with van der Waals surface area (Å²) in [7, 11) is -1.73. The Balaban J connectivity index is 2.83. The van der Waals surface area contributed by atoms with Crippen molar-refractivity contribution in [2.75, 3.05) is 5.75 Å². The van der Waals surface area contributed by atoms with E-state index in [-0.39, 0.29) is 5.46 Å². The molecule has 0 radical (unpaired) electrons. The van der Waals surface area contributed by atoms with Crippen LogP contribution in [0.2, 0.25) is 0 Å². The molecule has 0 aliphatic heterocycles. The molecule has 76 valence electrons. The number of hydrogen-bond acceptors (Lipinski definition) is 3. The molecule has 0 aliphatic rings. The maximum Gasteiger partial charge on any atom is 0.491 e. The van der Waals surface area contributed by atoms with Crippen LogP contribution >= 0.6 is 11.8 Å². The second kappa shape index (κ2) is 5.39. The van der Waals surface area contributed by atoms with E-state index in [2.05, 4.69) is 0 Å². The van der Waals surface area contributed by atoms with Crippen LogP contribution in [0.25, 0.3) is 0 Å². The Hall–Kier alpha value is -0.515. The van der Waals surface area contributed by atoms with Gasteiger partial charge in [0, 0.05) is 11.2 Å². The van der Waals surface area contributed by atoms with Crippen molar-refractivity contribution in [3.8, 4) is 0 Å². The van der Waals surface area contributed by atoms with Crippen molar-refractivity contribution in [3.05, 3.63) is 29.6 Å². The minimum absolute atomic E-state index is 0.0563. The Kier molecular flexibility index (Phi) is 4.45. The van der Waals surface area contributed by atoms with E-state index in [1.165, 1.54) is 12.1 Å². The van der Waals surface area contributed by atoms with Crippen LogP contribution in [0.3, 0.4) is 0 Å². The lowest BCUT2D eigenvalue weighted by Gasteiger charge is -2.05. The number of halogens is 1. The fourth-order valence-electron chi connectivity index (χ4n) is 1.10. The van der Waals surface area contributed by atoms with Gasteiger partial charge in [-0.1, -0.05) is 19.1 Å². The van der Waals surface area contributed by atoms with Crippen molar-refractivity contribution >= 4 is 24.3 Å². The second-order valence-corrected chi connectivity index (χ2v) is 4.14. The summed E-state index contributed by atoms with van der Waals surface area (Å²) in [5, 5.41) is 17.7. The molecule has 1 aromatic carbocycles. The molecule has 5 heteroatoms. The largest absolute Gasteiger partial charge is 0.491 e. The average Bonchev–Trinajstić information content (AvgIpc) is 2.16. The van der Waals surface area contributed by atoms with Crippen LogP contribution in [0.5, 0.6) is 0 Å². The topological polar surface area (TPSA) is 40.5 Å². The molecule has 14 heavy (non-hydrogen) atoms. The first-order valence-electron chi connectivity index (χ1n) is 4.37. The lowest BCUT2D eigenvalue weighted by atomic mass is 9.79. The van der Waals surface area contributed by atoms with Gasteiger partial charge in [-0.2, -0.15) is 11.8 Å². The zero-order valence-corrected chi connectivity index (χ0v) is 8.72. The molecule has 2 N–H and O–H groups in total. The first-order chi connectivity index (χ1) is 6.65. The van der Waals surface area contributed by atoms with Crippen molar-refractivity contribution in [1.29, 1.82) is 0 Å². The summed E-state index contributed by atoms with van der Waals surface area (Å²) in [4.78, 5) is 0. The van der Waals surface area contributed by atoms with Gasteiger partial charge in [-0.3, -0.25) is 0 Å². The molecule has 0 aromatic heterocycles. The Labute approximate surface area is 87.3 Å². The number of rotatable bonds is 4. The van der Waals surface area contributed by atoms with E-state index >= 15 is 0 Å². The quantitative estimate of drug-likeness (QED) is 0.727. The zero-order chi connectivity index (χ0) is 10.6. The molecule has 0 atom stereocenters. The Bertz CT molecular complexity index is 307. The highest BCUT2D eigenvalue weighted by Gasteiger charge is 2.16. The second-order valence-electron chi connectivity index (χ2n) is 2.87. The molecule has 0 saturated heterocycles. The molecule has 0 aliphatic carbocycles.